The van der Waals surface area contributed by atoms with Crippen LogP contribution in [0.2, 0.25) is 0 Å². The van der Waals surface area contributed by atoms with Gasteiger partial charge >= 0.3 is 0 Å². The van der Waals surface area contributed by atoms with Crippen LogP contribution in [0.15, 0.2) is 0 Å². The summed E-state index contributed by atoms with van der Waals surface area (Å²) in [6.45, 7) is 2.90. The summed E-state index contributed by atoms with van der Waals surface area (Å²) in [6.07, 6.45) is 9.22. The van der Waals surface area contributed by atoms with Crippen molar-refractivity contribution in [2.45, 2.75) is 69.6 Å². The minimum atomic E-state index is -3.24. The van der Waals surface area contributed by atoms with Gasteiger partial charge in [0.25, 0.3) is 0 Å². The highest BCUT2D eigenvalue weighted by Crippen LogP contribution is 2.39. The highest BCUT2D eigenvalue weighted by Gasteiger charge is 2.44. The SMILES string of the molecule is O=S(=O)(C[C@@H]1CCCCO1)NC1[C@H]2CCC[C@H]1CN(C1CC1)C2. The molecule has 0 aromatic carbocycles. The van der Waals surface area contributed by atoms with E-state index in [2.05, 4.69) is 9.62 Å². The van der Waals surface area contributed by atoms with Crippen molar-refractivity contribution in [2.75, 3.05) is 25.4 Å². The van der Waals surface area contributed by atoms with E-state index in [0.717, 1.165) is 38.4 Å². The van der Waals surface area contributed by atoms with Gasteiger partial charge in [0.2, 0.25) is 10.0 Å². The van der Waals surface area contributed by atoms with Gasteiger partial charge in [0.1, 0.15) is 0 Å². The Hall–Kier alpha value is -0.170. The highest BCUT2D eigenvalue weighted by molar-refractivity contribution is 7.89. The summed E-state index contributed by atoms with van der Waals surface area (Å²) in [5, 5.41) is 0. The number of likely N-dealkylation sites (tertiary alicyclic amines) is 1. The van der Waals surface area contributed by atoms with Crippen LogP contribution in [0.4, 0.5) is 0 Å². The molecule has 23 heavy (non-hydrogen) atoms. The van der Waals surface area contributed by atoms with Crippen LogP contribution in [0.25, 0.3) is 0 Å². The largest absolute Gasteiger partial charge is 0.377 e. The maximum absolute atomic E-state index is 12.6. The fraction of sp³-hybridized carbons (Fsp3) is 1.00. The van der Waals surface area contributed by atoms with Gasteiger partial charge in [-0.05, 0) is 56.8 Å². The van der Waals surface area contributed by atoms with Gasteiger partial charge in [-0.25, -0.2) is 13.1 Å². The van der Waals surface area contributed by atoms with Crippen LogP contribution in [0.5, 0.6) is 0 Å². The van der Waals surface area contributed by atoms with Crippen molar-refractivity contribution in [3.8, 4) is 0 Å². The molecule has 2 aliphatic heterocycles. The molecule has 2 bridgehead atoms. The Morgan fingerprint density at radius 1 is 0.957 bits per heavy atom. The summed E-state index contributed by atoms with van der Waals surface area (Å²) in [5.74, 6) is 1.16. The third-order valence-electron chi connectivity index (χ3n) is 6.16. The molecule has 132 valence electrons. The second-order valence-corrected chi connectivity index (χ2v) is 9.85. The maximum atomic E-state index is 12.6. The molecule has 3 atom stereocenters. The standard InChI is InChI=1S/C17H30N2O3S/c20-23(21,12-16-6-1-2-9-22-16)18-17-13-4-3-5-14(17)11-19(10-13)15-7-8-15/h13-18H,1-12H2/t13-,14-,16-/m0/s1. The second-order valence-electron chi connectivity index (χ2n) is 8.05. The lowest BCUT2D eigenvalue weighted by Crippen LogP contribution is -2.59. The summed E-state index contributed by atoms with van der Waals surface area (Å²) in [5.41, 5.74) is 0. The summed E-state index contributed by atoms with van der Waals surface area (Å²) in [4.78, 5) is 2.63. The van der Waals surface area contributed by atoms with E-state index in [9.17, 15) is 8.42 Å². The minimum Gasteiger partial charge on any atom is -0.377 e. The van der Waals surface area contributed by atoms with E-state index >= 15 is 0 Å². The topological polar surface area (TPSA) is 58.6 Å². The first kappa shape index (κ1) is 16.3. The number of fused-ring (bicyclic) bond motifs is 2. The van der Waals surface area contributed by atoms with Crippen LogP contribution in [0.1, 0.15) is 51.4 Å². The first-order chi connectivity index (χ1) is 11.1. The summed E-state index contributed by atoms with van der Waals surface area (Å²) < 4.78 is 34.0. The van der Waals surface area contributed by atoms with Crippen molar-refractivity contribution in [1.82, 2.24) is 9.62 Å². The first-order valence-corrected chi connectivity index (χ1v) is 11.1. The van der Waals surface area contributed by atoms with Crippen molar-refractivity contribution in [3.05, 3.63) is 0 Å². The van der Waals surface area contributed by atoms with Gasteiger partial charge in [0.15, 0.2) is 0 Å². The second kappa shape index (κ2) is 6.62. The number of piperidine rings is 1. The monoisotopic (exact) mass is 342 g/mol. The minimum absolute atomic E-state index is 0.104. The van der Waals surface area contributed by atoms with E-state index < -0.39 is 10.0 Å². The average Bonchev–Trinajstić information content (AvgIpc) is 3.31. The Balaban J connectivity index is 1.38. The lowest BCUT2D eigenvalue weighted by atomic mass is 9.74. The molecule has 4 rings (SSSR count). The number of sulfonamides is 1. The Kier molecular flexibility index (Phi) is 4.69. The molecule has 4 fully saturated rings. The third kappa shape index (κ3) is 3.91. The van der Waals surface area contributed by atoms with Gasteiger partial charge < -0.3 is 4.74 Å². The molecule has 4 aliphatic rings. The Morgan fingerprint density at radius 2 is 1.70 bits per heavy atom. The average molecular weight is 343 g/mol. The number of nitrogens with one attached hydrogen (secondary N) is 1. The van der Waals surface area contributed by atoms with Gasteiger partial charge in [-0.3, -0.25) is 4.90 Å². The van der Waals surface area contributed by atoms with E-state index in [0.29, 0.717) is 18.4 Å². The van der Waals surface area contributed by atoms with Gasteiger partial charge in [-0.1, -0.05) is 6.42 Å². The van der Waals surface area contributed by atoms with Crippen LogP contribution in [-0.2, 0) is 14.8 Å². The number of nitrogens with zero attached hydrogens (tertiary/aromatic N) is 1. The van der Waals surface area contributed by atoms with Crippen LogP contribution in [0.3, 0.4) is 0 Å². The molecule has 0 radical (unpaired) electrons. The Bertz CT molecular complexity index is 500. The molecule has 0 aromatic heterocycles. The van der Waals surface area contributed by atoms with Crippen molar-refractivity contribution in [3.63, 3.8) is 0 Å². The zero-order valence-electron chi connectivity index (χ0n) is 14.0. The molecule has 1 N–H and O–H groups in total. The smallest absolute Gasteiger partial charge is 0.214 e. The number of ether oxygens (including phenoxy) is 1. The van der Waals surface area contributed by atoms with E-state index in [1.165, 1.54) is 32.1 Å². The van der Waals surface area contributed by atoms with Crippen LogP contribution in [-0.4, -0.2) is 57.0 Å². The van der Waals surface area contributed by atoms with Gasteiger partial charge in [0, 0.05) is 31.8 Å². The fourth-order valence-corrected chi connectivity index (χ4v) is 6.49. The molecule has 0 amide bonds. The summed E-state index contributed by atoms with van der Waals surface area (Å²) in [6, 6.07) is 0.957. The van der Waals surface area contributed by atoms with E-state index in [-0.39, 0.29) is 17.9 Å². The molecule has 0 spiro atoms. The summed E-state index contributed by atoms with van der Waals surface area (Å²) >= 11 is 0. The summed E-state index contributed by atoms with van der Waals surface area (Å²) in [7, 11) is -3.24. The number of hydrogen-bond donors (Lipinski definition) is 1. The molecule has 0 aromatic rings. The first-order valence-electron chi connectivity index (χ1n) is 9.46. The van der Waals surface area contributed by atoms with Crippen molar-refractivity contribution in [1.29, 1.82) is 0 Å². The van der Waals surface area contributed by atoms with Gasteiger partial charge in [0.05, 0.1) is 11.9 Å². The zero-order chi connectivity index (χ0) is 15.9. The Morgan fingerprint density at radius 3 is 2.30 bits per heavy atom. The molecule has 2 aliphatic carbocycles. The van der Waals surface area contributed by atoms with Gasteiger partial charge in [-0.15, -0.1) is 0 Å². The molecule has 6 heteroatoms. The van der Waals surface area contributed by atoms with Crippen LogP contribution >= 0.6 is 0 Å². The Labute approximate surface area is 140 Å². The van der Waals surface area contributed by atoms with E-state index in [4.69, 9.17) is 4.74 Å². The van der Waals surface area contributed by atoms with Crippen molar-refractivity contribution in [2.24, 2.45) is 11.8 Å². The lowest BCUT2D eigenvalue weighted by Gasteiger charge is -2.47. The normalized spacial score (nSPS) is 39.3. The fourth-order valence-electron chi connectivity index (χ4n) is 4.84. The maximum Gasteiger partial charge on any atom is 0.214 e. The van der Waals surface area contributed by atoms with E-state index in [1.54, 1.807) is 0 Å². The van der Waals surface area contributed by atoms with Crippen molar-refractivity contribution >= 4 is 10.0 Å². The van der Waals surface area contributed by atoms with Gasteiger partial charge in [-0.2, -0.15) is 0 Å². The zero-order valence-corrected chi connectivity index (χ0v) is 14.8. The lowest BCUT2D eigenvalue weighted by molar-refractivity contribution is 0.0294. The van der Waals surface area contributed by atoms with Crippen LogP contribution in [0, 0.1) is 11.8 Å². The molecule has 2 saturated carbocycles. The molecular formula is C17H30N2O3S. The number of hydrogen-bond acceptors (Lipinski definition) is 4. The molecular weight excluding hydrogens is 312 g/mol. The van der Waals surface area contributed by atoms with Crippen molar-refractivity contribution < 1.29 is 13.2 Å². The third-order valence-corrected chi connectivity index (χ3v) is 7.60. The predicted molar refractivity (Wildman–Crippen MR) is 89.7 cm³/mol. The van der Waals surface area contributed by atoms with E-state index in [1.807, 2.05) is 0 Å². The van der Waals surface area contributed by atoms with Crippen LogP contribution < -0.4 is 4.72 Å². The molecule has 5 nitrogen and oxygen atoms in total. The molecule has 2 saturated heterocycles. The molecule has 2 heterocycles. The molecule has 0 unspecified atom stereocenters. The quantitative estimate of drug-likeness (QED) is 0.827. The highest BCUT2D eigenvalue weighted by atomic mass is 32.2. The number of rotatable bonds is 5. The predicted octanol–water partition coefficient (Wildman–Crippen LogP) is 1.74.